The van der Waals surface area contributed by atoms with Crippen LogP contribution in [0.3, 0.4) is 0 Å². The maximum atomic E-state index is 6.48. The van der Waals surface area contributed by atoms with Crippen molar-refractivity contribution < 1.29 is 9.47 Å². The number of rotatable bonds is 3. The Labute approximate surface area is 125 Å². The molecule has 1 heterocycles. The molecule has 0 radical (unpaired) electrons. The van der Waals surface area contributed by atoms with Gasteiger partial charge in [0.1, 0.15) is 11.5 Å². The third kappa shape index (κ3) is 2.61. The molecule has 2 N–H and O–H groups in total. The first-order valence-corrected chi connectivity index (χ1v) is 7.35. The summed E-state index contributed by atoms with van der Waals surface area (Å²) in [7, 11) is 1.69. The zero-order valence-corrected chi connectivity index (χ0v) is 12.6. The number of fused-ring (bicyclic) bond motifs is 1. The van der Waals surface area contributed by atoms with Crippen molar-refractivity contribution in [2.24, 2.45) is 5.73 Å². The molecule has 1 aliphatic rings. The van der Waals surface area contributed by atoms with Gasteiger partial charge in [-0.15, -0.1) is 0 Å². The molecule has 3 heteroatoms. The summed E-state index contributed by atoms with van der Waals surface area (Å²) in [4.78, 5) is 0. The van der Waals surface area contributed by atoms with E-state index in [1.54, 1.807) is 7.11 Å². The highest BCUT2D eigenvalue weighted by molar-refractivity contribution is 5.49. The molecular formula is C18H21NO2. The average Bonchev–Trinajstić information content (AvgIpc) is 2.54. The van der Waals surface area contributed by atoms with E-state index in [4.69, 9.17) is 15.2 Å². The summed E-state index contributed by atoms with van der Waals surface area (Å²) < 4.78 is 11.3. The third-order valence-electron chi connectivity index (χ3n) is 4.09. The lowest BCUT2D eigenvalue weighted by Crippen LogP contribution is -2.17. The zero-order chi connectivity index (χ0) is 14.8. The second-order valence-electron chi connectivity index (χ2n) is 5.49. The lowest BCUT2D eigenvalue weighted by atomic mass is 9.93. The van der Waals surface area contributed by atoms with Gasteiger partial charge < -0.3 is 15.2 Å². The predicted octanol–water partition coefficient (Wildman–Crippen LogP) is 3.38. The summed E-state index contributed by atoms with van der Waals surface area (Å²) in [5, 5.41) is 0. The van der Waals surface area contributed by atoms with E-state index in [9.17, 15) is 0 Å². The van der Waals surface area contributed by atoms with Crippen LogP contribution in [0.15, 0.2) is 36.4 Å². The molecule has 0 saturated heterocycles. The maximum Gasteiger partial charge on any atom is 0.127 e. The fraction of sp³-hybridized carbons (Fsp3) is 0.333. The Kier molecular flexibility index (Phi) is 3.84. The van der Waals surface area contributed by atoms with E-state index in [-0.39, 0.29) is 6.04 Å². The van der Waals surface area contributed by atoms with Crippen LogP contribution in [-0.2, 0) is 6.42 Å². The number of para-hydroxylation sites is 1. The molecule has 0 amide bonds. The molecule has 3 rings (SSSR count). The van der Waals surface area contributed by atoms with E-state index in [0.29, 0.717) is 0 Å². The van der Waals surface area contributed by atoms with E-state index in [0.717, 1.165) is 47.6 Å². The Morgan fingerprint density at radius 1 is 1.24 bits per heavy atom. The Morgan fingerprint density at radius 2 is 2.10 bits per heavy atom. The number of nitrogens with two attached hydrogens (primary N) is 1. The van der Waals surface area contributed by atoms with Crippen LogP contribution in [0.1, 0.15) is 34.7 Å². The quantitative estimate of drug-likeness (QED) is 0.939. The predicted molar refractivity (Wildman–Crippen MR) is 84.0 cm³/mol. The Bertz CT molecular complexity index is 652. The highest BCUT2D eigenvalue weighted by atomic mass is 16.5. The lowest BCUT2D eigenvalue weighted by molar-refractivity contribution is 0.284. The molecule has 2 aromatic rings. The van der Waals surface area contributed by atoms with Crippen LogP contribution in [0.4, 0.5) is 0 Å². The summed E-state index contributed by atoms with van der Waals surface area (Å²) in [6.07, 6.45) is 2.14. The summed E-state index contributed by atoms with van der Waals surface area (Å²) in [5.41, 5.74) is 10.9. The van der Waals surface area contributed by atoms with Crippen molar-refractivity contribution in [3.8, 4) is 11.5 Å². The SMILES string of the molecule is COc1cc(C(N)c2cccc3c2OCCC3)ccc1C. The van der Waals surface area contributed by atoms with Gasteiger partial charge in [0.25, 0.3) is 0 Å². The molecule has 0 aromatic heterocycles. The van der Waals surface area contributed by atoms with Crippen LogP contribution in [-0.4, -0.2) is 13.7 Å². The van der Waals surface area contributed by atoms with E-state index >= 15 is 0 Å². The minimum atomic E-state index is -0.201. The first-order valence-electron chi connectivity index (χ1n) is 7.35. The number of hydrogen-bond acceptors (Lipinski definition) is 3. The van der Waals surface area contributed by atoms with E-state index in [1.165, 1.54) is 5.56 Å². The van der Waals surface area contributed by atoms with Crippen LogP contribution in [0, 0.1) is 6.92 Å². The van der Waals surface area contributed by atoms with E-state index in [1.807, 2.05) is 19.1 Å². The minimum absolute atomic E-state index is 0.201. The number of hydrogen-bond donors (Lipinski definition) is 1. The fourth-order valence-electron chi connectivity index (χ4n) is 2.87. The smallest absolute Gasteiger partial charge is 0.127 e. The number of methoxy groups -OCH3 is 1. The minimum Gasteiger partial charge on any atom is -0.496 e. The van der Waals surface area contributed by atoms with Crippen LogP contribution >= 0.6 is 0 Å². The first kappa shape index (κ1) is 14.0. The average molecular weight is 283 g/mol. The first-order chi connectivity index (χ1) is 10.2. The highest BCUT2D eigenvalue weighted by Crippen LogP contribution is 2.35. The van der Waals surface area contributed by atoms with Gasteiger partial charge in [-0.1, -0.05) is 30.3 Å². The third-order valence-corrected chi connectivity index (χ3v) is 4.09. The Balaban J connectivity index is 2.00. The van der Waals surface area contributed by atoms with Gasteiger partial charge in [-0.25, -0.2) is 0 Å². The molecule has 1 aliphatic heterocycles. The summed E-state index contributed by atoms with van der Waals surface area (Å²) in [5.74, 6) is 1.84. The van der Waals surface area contributed by atoms with Crippen molar-refractivity contribution in [3.05, 3.63) is 58.7 Å². The van der Waals surface area contributed by atoms with Crippen molar-refractivity contribution >= 4 is 0 Å². The Hall–Kier alpha value is -2.00. The topological polar surface area (TPSA) is 44.5 Å². The van der Waals surface area contributed by atoms with Crippen molar-refractivity contribution in [1.82, 2.24) is 0 Å². The second kappa shape index (κ2) is 5.78. The largest absolute Gasteiger partial charge is 0.496 e. The van der Waals surface area contributed by atoms with Crippen LogP contribution in [0.25, 0.3) is 0 Å². The van der Waals surface area contributed by atoms with Gasteiger partial charge >= 0.3 is 0 Å². The molecule has 0 fully saturated rings. The summed E-state index contributed by atoms with van der Waals surface area (Å²) in [6, 6.07) is 12.2. The van der Waals surface area contributed by atoms with Gasteiger partial charge in [-0.05, 0) is 42.5 Å². The van der Waals surface area contributed by atoms with Gasteiger partial charge in [0, 0.05) is 5.56 Å². The van der Waals surface area contributed by atoms with Crippen LogP contribution < -0.4 is 15.2 Å². The lowest BCUT2D eigenvalue weighted by Gasteiger charge is -2.23. The maximum absolute atomic E-state index is 6.48. The number of benzene rings is 2. The molecule has 2 aromatic carbocycles. The molecule has 110 valence electrons. The molecule has 1 unspecified atom stereocenters. The standard InChI is InChI=1S/C18H21NO2/c1-12-8-9-14(11-16(12)20-2)17(19)15-7-3-5-13-6-4-10-21-18(13)15/h3,5,7-9,11,17H,4,6,10,19H2,1-2H3. The van der Waals surface area contributed by atoms with Crippen molar-refractivity contribution in [3.63, 3.8) is 0 Å². The number of ether oxygens (including phenoxy) is 2. The molecular weight excluding hydrogens is 262 g/mol. The van der Waals surface area contributed by atoms with E-state index in [2.05, 4.69) is 24.3 Å². The van der Waals surface area contributed by atoms with Crippen molar-refractivity contribution in [1.29, 1.82) is 0 Å². The molecule has 0 bridgehead atoms. The van der Waals surface area contributed by atoms with E-state index < -0.39 is 0 Å². The van der Waals surface area contributed by atoms with Gasteiger partial charge in [0.05, 0.1) is 19.8 Å². The summed E-state index contributed by atoms with van der Waals surface area (Å²) >= 11 is 0. The molecule has 1 atom stereocenters. The van der Waals surface area contributed by atoms with Crippen molar-refractivity contribution in [2.45, 2.75) is 25.8 Å². The van der Waals surface area contributed by atoms with Crippen molar-refractivity contribution in [2.75, 3.05) is 13.7 Å². The molecule has 3 nitrogen and oxygen atoms in total. The van der Waals surface area contributed by atoms with Gasteiger partial charge in [0.15, 0.2) is 0 Å². The molecule has 0 spiro atoms. The highest BCUT2D eigenvalue weighted by Gasteiger charge is 2.20. The second-order valence-corrected chi connectivity index (χ2v) is 5.49. The monoisotopic (exact) mass is 283 g/mol. The normalized spacial score (nSPS) is 15.0. The molecule has 0 aliphatic carbocycles. The number of aryl methyl sites for hydroxylation is 2. The van der Waals surface area contributed by atoms with Gasteiger partial charge in [-0.3, -0.25) is 0 Å². The molecule has 21 heavy (non-hydrogen) atoms. The van der Waals surface area contributed by atoms with Gasteiger partial charge in [0.2, 0.25) is 0 Å². The van der Waals surface area contributed by atoms with Crippen LogP contribution in [0.5, 0.6) is 11.5 Å². The Morgan fingerprint density at radius 3 is 2.90 bits per heavy atom. The fourth-order valence-corrected chi connectivity index (χ4v) is 2.87. The summed E-state index contributed by atoms with van der Waals surface area (Å²) in [6.45, 7) is 2.80. The van der Waals surface area contributed by atoms with Crippen LogP contribution in [0.2, 0.25) is 0 Å². The molecule has 0 saturated carbocycles. The zero-order valence-electron chi connectivity index (χ0n) is 12.6. The van der Waals surface area contributed by atoms with Gasteiger partial charge in [-0.2, -0.15) is 0 Å².